The Kier molecular flexibility index (Phi) is 5.13. The molecule has 0 aliphatic carbocycles. The molecule has 1 aromatic heterocycles. The van der Waals surface area contributed by atoms with Crippen molar-refractivity contribution in [2.24, 2.45) is 5.92 Å². The zero-order chi connectivity index (χ0) is 15.4. The highest BCUT2D eigenvalue weighted by molar-refractivity contribution is 5.51. The van der Waals surface area contributed by atoms with E-state index >= 15 is 0 Å². The summed E-state index contributed by atoms with van der Waals surface area (Å²) in [6.07, 6.45) is 8.99. The van der Waals surface area contributed by atoms with Crippen molar-refractivity contribution in [1.29, 1.82) is 0 Å². The molecule has 22 heavy (non-hydrogen) atoms. The van der Waals surface area contributed by atoms with Crippen LogP contribution in [0.1, 0.15) is 45.4 Å². The van der Waals surface area contributed by atoms with Gasteiger partial charge in [0.2, 0.25) is 0 Å². The molecule has 0 radical (unpaired) electrons. The fourth-order valence-electron chi connectivity index (χ4n) is 3.82. The Hall–Kier alpha value is -1.36. The summed E-state index contributed by atoms with van der Waals surface area (Å²) in [5, 5.41) is 9.41. The number of hydrogen-bond acceptors (Lipinski definition) is 5. The molecule has 2 saturated heterocycles. The van der Waals surface area contributed by atoms with Gasteiger partial charge in [-0.2, -0.15) is 0 Å². The topological polar surface area (TPSA) is 52.5 Å². The Labute approximate surface area is 133 Å². The Morgan fingerprint density at radius 3 is 2.82 bits per heavy atom. The monoisotopic (exact) mass is 304 g/mol. The zero-order valence-electron chi connectivity index (χ0n) is 13.6. The van der Waals surface area contributed by atoms with E-state index < -0.39 is 0 Å². The van der Waals surface area contributed by atoms with Crippen LogP contribution in [0.2, 0.25) is 0 Å². The summed E-state index contributed by atoms with van der Waals surface area (Å²) in [4.78, 5) is 13.8. The summed E-state index contributed by atoms with van der Waals surface area (Å²) in [7, 11) is 0. The van der Waals surface area contributed by atoms with Crippen LogP contribution >= 0.6 is 0 Å². The molecule has 5 heteroatoms. The van der Waals surface area contributed by atoms with E-state index in [1.165, 1.54) is 25.7 Å². The van der Waals surface area contributed by atoms with E-state index in [9.17, 15) is 5.11 Å². The lowest BCUT2D eigenvalue weighted by atomic mass is 9.99. The van der Waals surface area contributed by atoms with E-state index in [1.54, 1.807) is 6.33 Å². The first-order valence-electron chi connectivity index (χ1n) is 8.76. The molecule has 2 atom stereocenters. The molecule has 2 aliphatic heterocycles. The molecule has 0 aromatic carbocycles. The van der Waals surface area contributed by atoms with Crippen molar-refractivity contribution < 1.29 is 5.11 Å². The molecule has 3 rings (SSSR count). The van der Waals surface area contributed by atoms with Gasteiger partial charge in [-0.05, 0) is 44.4 Å². The maximum Gasteiger partial charge on any atom is 0.134 e. The largest absolute Gasteiger partial charge is 0.396 e. The minimum absolute atomic E-state index is 0.276. The number of piperidine rings is 2. The first-order valence-corrected chi connectivity index (χ1v) is 8.76. The smallest absolute Gasteiger partial charge is 0.134 e. The van der Waals surface area contributed by atoms with Gasteiger partial charge in [0, 0.05) is 38.3 Å². The normalized spacial score (nSPS) is 26.3. The van der Waals surface area contributed by atoms with Crippen molar-refractivity contribution in [1.82, 2.24) is 9.97 Å². The highest BCUT2D eigenvalue weighted by Crippen LogP contribution is 2.28. The van der Waals surface area contributed by atoms with Crippen LogP contribution in [0, 0.1) is 5.92 Å². The Bertz CT molecular complexity index is 481. The van der Waals surface area contributed by atoms with Crippen LogP contribution in [0.15, 0.2) is 12.4 Å². The molecule has 1 aromatic rings. The molecular weight excluding hydrogens is 276 g/mol. The van der Waals surface area contributed by atoms with Crippen LogP contribution in [-0.2, 0) is 0 Å². The van der Waals surface area contributed by atoms with Gasteiger partial charge in [0.25, 0.3) is 0 Å². The SMILES string of the molecule is CCC1CCCCN1c1cc(N2CCCC(CO)C2)ncn1. The molecule has 5 nitrogen and oxygen atoms in total. The van der Waals surface area contributed by atoms with Crippen LogP contribution in [-0.4, -0.2) is 47.4 Å². The predicted molar refractivity (Wildman–Crippen MR) is 89.3 cm³/mol. The fraction of sp³-hybridized carbons (Fsp3) is 0.765. The van der Waals surface area contributed by atoms with Crippen molar-refractivity contribution in [3.05, 3.63) is 12.4 Å². The lowest BCUT2D eigenvalue weighted by molar-refractivity contribution is 0.208. The van der Waals surface area contributed by atoms with Gasteiger partial charge in [0.15, 0.2) is 0 Å². The highest BCUT2D eigenvalue weighted by atomic mass is 16.3. The molecule has 1 N–H and O–H groups in total. The van der Waals surface area contributed by atoms with Crippen molar-refractivity contribution in [3.8, 4) is 0 Å². The Balaban J connectivity index is 1.77. The molecule has 0 spiro atoms. The molecule has 0 amide bonds. The molecular formula is C17H28N4O. The van der Waals surface area contributed by atoms with Crippen molar-refractivity contribution in [2.75, 3.05) is 36.0 Å². The summed E-state index contributed by atoms with van der Waals surface area (Å²) in [6.45, 7) is 5.59. The summed E-state index contributed by atoms with van der Waals surface area (Å²) in [6, 6.07) is 2.76. The summed E-state index contributed by atoms with van der Waals surface area (Å²) in [5.74, 6) is 2.47. The third-order valence-corrected chi connectivity index (χ3v) is 5.13. The van der Waals surface area contributed by atoms with Crippen molar-refractivity contribution >= 4 is 11.6 Å². The number of hydrogen-bond donors (Lipinski definition) is 1. The molecule has 0 saturated carbocycles. The van der Waals surface area contributed by atoms with E-state index in [-0.39, 0.29) is 6.61 Å². The van der Waals surface area contributed by atoms with E-state index in [2.05, 4.69) is 32.8 Å². The number of anilines is 2. The summed E-state index contributed by atoms with van der Waals surface area (Å²) >= 11 is 0. The standard InChI is InChI=1S/C17H28N4O/c1-2-15-7-3-4-9-21(15)17-10-16(18-13-19-17)20-8-5-6-14(11-20)12-22/h10,13-15,22H,2-9,11-12H2,1H3. The number of aliphatic hydroxyl groups excluding tert-OH is 1. The minimum atomic E-state index is 0.276. The maximum absolute atomic E-state index is 9.41. The van der Waals surface area contributed by atoms with Gasteiger partial charge >= 0.3 is 0 Å². The number of nitrogens with zero attached hydrogens (tertiary/aromatic N) is 4. The molecule has 0 bridgehead atoms. The third kappa shape index (κ3) is 3.35. The summed E-state index contributed by atoms with van der Waals surface area (Å²) in [5.41, 5.74) is 0. The second kappa shape index (κ2) is 7.27. The zero-order valence-corrected chi connectivity index (χ0v) is 13.6. The van der Waals surface area contributed by atoms with Crippen LogP contribution in [0.3, 0.4) is 0 Å². The third-order valence-electron chi connectivity index (χ3n) is 5.13. The average molecular weight is 304 g/mol. The molecule has 2 fully saturated rings. The number of aromatic nitrogens is 2. The predicted octanol–water partition coefficient (Wildman–Crippen LogP) is 2.45. The average Bonchev–Trinajstić information content (AvgIpc) is 2.62. The number of aliphatic hydroxyl groups is 1. The molecule has 3 heterocycles. The second-order valence-corrected chi connectivity index (χ2v) is 6.62. The summed E-state index contributed by atoms with van der Waals surface area (Å²) < 4.78 is 0. The first-order chi connectivity index (χ1) is 10.8. The van der Waals surface area contributed by atoms with Crippen LogP contribution in [0.25, 0.3) is 0 Å². The quantitative estimate of drug-likeness (QED) is 0.926. The van der Waals surface area contributed by atoms with Gasteiger partial charge in [-0.1, -0.05) is 6.92 Å². The van der Waals surface area contributed by atoms with Gasteiger partial charge in [-0.3, -0.25) is 0 Å². The van der Waals surface area contributed by atoms with Gasteiger partial charge < -0.3 is 14.9 Å². The van der Waals surface area contributed by atoms with E-state index in [4.69, 9.17) is 0 Å². The van der Waals surface area contributed by atoms with Crippen LogP contribution in [0.4, 0.5) is 11.6 Å². The van der Waals surface area contributed by atoms with Gasteiger partial charge in [-0.25, -0.2) is 9.97 Å². The minimum Gasteiger partial charge on any atom is -0.396 e. The van der Waals surface area contributed by atoms with E-state index in [0.717, 1.165) is 44.1 Å². The molecule has 122 valence electrons. The van der Waals surface area contributed by atoms with Crippen molar-refractivity contribution in [2.45, 2.75) is 51.5 Å². The van der Waals surface area contributed by atoms with Gasteiger partial charge in [0.1, 0.15) is 18.0 Å². The molecule has 2 aliphatic rings. The lowest BCUT2D eigenvalue weighted by Crippen LogP contribution is -2.40. The van der Waals surface area contributed by atoms with Gasteiger partial charge in [0.05, 0.1) is 0 Å². The van der Waals surface area contributed by atoms with E-state index in [1.807, 2.05) is 0 Å². The fourth-order valence-corrected chi connectivity index (χ4v) is 3.82. The molecule has 2 unspecified atom stereocenters. The second-order valence-electron chi connectivity index (χ2n) is 6.62. The highest BCUT2D eigenvalue weighted by Gasteiger charge is 2.24. The van der Waals surface area contributed by atoms with Crippen LogP contribution in [0.5, 0.6) is 0 Å². The van der Waals surface area contributed by atoms with Crippen molar-refractivity contribution in [3.63, 3.8) is 0 Å². The van der Waals surface area contributed by atoms with Gasteiger partial charge in [-0.15, -0.1) is 0 Å². The maximum atomic E-state index is 9.41. The lowest BCUT2D eigenvalue weighted by Gasteiger charge is -2.37. The Morgan fingerprint density at radius 1 is 1.14 bits per heavy atom. The Morgan fingerprint density at radius 2 is 2.00 bits per heavy atom. The number of rotatable bonds is 4. The van der Waals surface area contributed by atoms with E-state index in [0.29, 0.717) is 12.0 Å². The first kappa shape index (κ1) is 15.5. The van der Waals surface area contributed by atoms with Crippen LogP contribution < -0.4 is 9.80 Å².